The molecule has 0 atom stereocenters. The van der Waals surface area contributed by atoms with Crippen LogP contribution in [0.25, 0.3) is 0 Å². The van der Waals surface area contributed by atoms with Gasteiger partial charge >= 0.3 is 12.1 Å². The number of halogens is 3. The second-order valence-electron chi connectivity index (χ2n) is 9.05. The lowest BCUT2D eigenvalue weighted by molar-refractivity contribution is -0.192. The zero-order chi connectivity index (χ0) is 26.7. The number of carbonyl (C=O) groups excluding carboxylic acids is 3. The van der Waals surface area contributed by atoms with Crippen LogP contribution in [0.5, 0.6) is 0 Å². The number of aliphatic carboxylic acids is 1. The molecule has 11 heteroatoms. The average molecular weight is 514 g/mol. The van der Waals surface area contributed by atoms with E-state index in [1.165, 1.54) is 25.7 Å². The number of likely N-dealkylation sites (tertiary alicyclic amines) is 1. The summed E-state index contributed by atoms with van der Waals surface area (Å²) < 4.78 is 31.7. The predicted molar refractivity (Wildman–Crippen MR) is 127 cm³/mol. The van der Waals surface area contributed by atoms with Gasteiger partial charge in [-0.15, -0.1) is 0 Å². The molecule has 2 aliphatic rings. The first-order valence-electron chi connectivity index (χ1n) is 12.3. The molecule has 0 aromatic heterocycles. The van der Waals surface area contributed by atoms with Gasteiger partial charge in [-0.25, -0.2) is 4.79 Å². The number of carboxylic acid groups (broad SMARTS) is 1. The van der Waals surface area contributed by atoms with E-state index in [1.807, 2.05) is 4.90 Å². The van der Waals surface area contributed by atoms with E-state index in [2.05, 4.69) is 10.6 Å². The minimum absolute atomic E-state index is 0.00827. The van der Waals surface area contributed by atoms with Gasteiger partial charge in [0.15, 0.2) is 0 Å². The monoisotopic (exact) mass is 513 g/mol. The molecule has 8 nitrogen and oxygen atoms in total. The van der Waals surface area contributed by atoms with Crippen molar-refractivity contribution < 1.29 is 37.5 Å². The smallest absolute Gasteiger partial charge is 0.475 e. The molecule has 1 saturated carbocycles. The molecule has 1 aromatic rings. The van der Waals surface area contributed by atoms with Crippen LogP contribution in [0, 0.1) is 5.92 Å². The number of nitrogens with one attached hydrogen (secondary N) is 2. The lowest BCUT2D eigenvalue weighted by atomic mass is 9.94. The Morgan fingerprint density at radius 1 is 0.944 bits per heavy atom. The van der Waals surface area contributed by atoms with E-state index < -0.39 is 12.1 Å². The number of nitrogens with zero attached hydrogens (tertiary/aromatic N) is 1. The third-order valence-corrected chi connectivity index (χ3v) is 6.33. The first-order chi connectivity index (χ1) is 17.0. The SMILES string of the molecule is CCC(=O)Nc1ccc(C(=O)N2CCC(C(=O)NC3CCCCCC3)CC2)cc1.O=C(O)C(F)(F)F. The van der Waals surface area contributed by atoms with Gasteiger partial charge in [-0.2, -0.15) is 13.2 Å². The quantitative estimate of drug-likeness (QED) is 0.506. The molecule has 1 aliphatic heterocycles. The van der Waals surface area contributed by atoms with Crippen molar-refractivity contribution in [3.05, 3.63) is 29.8 Å². The normalized spacial score (nSPS) is 17.3. The molecule has 3 N–H and O–H groups in total. The van der Waals surface area contributed by atoms with Crippen LogP contribution in [0.2, 0.25) is 0 Å². The topological polar surface area (TPSA) is 116 Å². The van der Waals surface area contributed by atoms with Crippen LogP contribution in [0.15, 0.2) is 24.3 Å². The largest absolute Gasteiger partial charge is 0.490 e. The summed E-state index contributed by atoms with van der Waals surface area (Å²) in [5, 5.41) is 13.2. The van der Waals surface area contributed by atoms with Gasteiger partial charge in [0.2, 0.25) is 11.8 Å². The maximum Gasteiger partial charge on any atom is 0.490 e. The van der Waals surface area contributed by atoms with E-state index in [0.717, 1.165) is 25.7 Å². The van der Waals surface area contributed by atoms with Gasteiger partial charge in [0, 0.05) is 42.7 Å². The zero-order valence-corrected chi connectivity index (χ0v) is 20.4. The van der Waals surface area contributed by atoms with Crippen LogP contribution in [0.3, 0.4) is 0 Å². The lowest BCUT2D eigenvalue weighted by Gasteiger charge is -2.32. The summed E-state index contributed by atoms with van der Waals surface area (Å²) in [6, 6.07) is 7.34. The number of anilines is 1. The Morgan fingerprint density at radius 2 is 1.47 bits per heavy atom. The third-order valence-electron chi connectivity index (χ3n) is 6.33. The Labute approximate surface area is 208 Å². The molecule has 1 heterocycles. The summed E-state index contributed by atoms with van der Waals surface area (Å²) in [6.07, 6.45) is 3.93. The summed E-state index contributed by atoms with van der Waals surface area (Å²) in [5.41, 5.74) is 1.31. The van der Waals surface area contributed by atoms with Crippen molar-refractivity contribution in [2.45, 2.75) is 76.9 Å². The molecule has 0 spiro atoms. The molecule has 0 bridgehead atoms. The van der Waals surface area contributed by atoms with Crippen molar-refractivity contribution in [2.75, 3.05) is 18.4 Å². The molecule has 1 saturated heterocycles. The van der Waals surface area contributed by atoms with Gasteiger partial charge in [0.05, 0.1) is 0 Å². The minimum Gasteiger partial charge on any atom is -0.475 e. The number of alkyl halides is 3. The molecule has 0 radical (unpaired) electrons. The van der Waals surface area contributed by atoms with Gasteiger partial charge in [0.1, 0.15) is 0 Å². The molecule has 2 fully saturated rings. The first kappa shape index (κ1) is 29.1. The summed E-state index contributed by atoms with van der Waals surface area (Å²) in [6.45, 7) is 3.01. The van der Waals surface area contributed by atoms with Gasteiger partial charge in [-0.05, 0) is 49.9 Å². The maximum absolute atomic E-state index is 12.8. The summed E-state index contributed by atoms with van der Waals surface area (Å²) >= 11 is 0. The second-order valence-corrected chi connectivity index (χ2v) is 9.05. The Kier molecular flexibility index (Phi) is 11.2. The van der Waals surface area contributed by atoms with Crippen molar-refractivity contribution in [3.8, 4) is 0 Å². The van der Waals surface area contributed by atoms with E-state index in [4.69, 9.17) is 9.90 Å². The fourth-order valence-electron chi connectivity index (χ4n) is 4.22. The number of piperidine rings is 1. The number of carboxylic acids is 1. The summed E-state index contributed by atoms with van der Waals surface area (Å²) in [5.74, 6) is -2.64. The van der Waals surface area contributed by atoms with Gasteiger partial charge in [-0.1, -0.05) is 32.6 Å². The van der Waals surface area contributed by atoms with Crippen molar-refractivity contribution in [2.24, 2.45) is 5.92 Å². The zero-order valence-electron chi connectivity index (χ0n) is 20.4. The Hall–Kier alpha value is -3.11. The van der Waals surface area contributed by atoms with E-state index in [9.17, 15) is 27.6 Å². The molecular weight excluding hydrogens is 479 g/mol. The van der Waals surface area contributed by atoms with Crippen LogP contribution in [-0.2, 0) is 14.4 Å². The van der Waals surface area contributed by atoms with Gasteiger partial charge in [-0.3, -0.25) is 14.4 Å². The van der Waals surface area contributed by atoms with Crippen molar-refractivity contribution in [1.29, 1.82) is 0 Å². The standard InChI is InChI=1S/C23H33N3O3.C2HF3O2/c1-2-21(27)24-20-11-9-18(10-12-20)23(29)26-15-13-17(14-16-26)22(28)25-19-7-5-3-4-6-8-19;3-2(4,5)1(6)7/h9-12,17,19H,2-8,13-16H2,1H3,(H,24,27)(H,25,28);(H,6,7). The Morgan fingerprint density at radius 3 is 1.94 bits per heavy atom. The number of rotatable bonds is 5. The fraction of sp³-hybridized carbons (Fsp3) is 0.600. The number of benzene rings is 1. The fourth-order valence-corrected chi connectivity index (χ4v) is 4.22. The molecule has 0 unspecified atom stereocenters. The van der Waals surface area contributed by atoms with Gasteiger partial charge < -0.3 is 20.6 Å². The third kappa shape index (κ3) is 9.50. The number of carbonyl (C=O) groups is 4. The predicted octanol–water partition coefficient (Wildman–Crippen LogP) is 4.36. The van der Waals surface area contributed by atoms with E-state index >= 15 is 0 Å². The lowest BCUT2D eigenvalue weighted by Crippen LogP contribution is -2.45. The van der Waals surface area contributed by atoms with Crippen LogP contribution in [0.1, 0.15) is 75.1 Å². The maximum atomic E-state index is 12.8. The Balaban J connectivity index is 0.000000572. The number of hydrogen-bond donors (Lipinski definition) is 3. The molecule has 1 aliphatic carbocycles. The Bertz CT molecular complexity index is 889. The number of amides is 3. The van der Waals surface area contributed by atoms with Crippen LogP contribution in [-0.4, -0.2) is 59.0 Å². The van der Waals surface area contributed by atoms with Crippen LogP contribution in [0.4, 0.5) is 18.9 Å². The molecule has 3 rings (SSSR count). The van der Waals surface area contributed by atoms with Crippen molar-refractivity contribution >= 4 is 29.4 Å². The van der Waals surface area contributed by atoms with Crippen LogP contribution >= 0.6 is 0 Å². The minimum atomic E-state index is -5.08. The molecule has 36 heavy (non-hydrogen) atoms. The van der Waals surface area contributed by atoms with E-state index in [0.29, 0.717) is 36.8 Å². The molecule has 1 aromatic carbocycles. The average Bonchev–Trinajstić information content (AvgIpc) is 3.12. The first-order valence-corrected chi connectivity index (χ1v) is 12.3. The van der Waals surface area contributed by atoms with Crippen molar-refractivity contribution in [3.63, 3.8) is 0 Å². The summed E-state index contributed by atoms with van der Waals surface area (Å²) in [4.78, 5) is 47.6. The highest BCUT2D eigenvalue weighted by Gasteiger charge is 2.38. The highest BCUT2D eigenvalue weighted by molar-refractivity contribution is 5.96. The highest BCUT2D eigenvalue weighted by Crippen LogP contribution is 2.22. The van der Waals surface area contributed by atoms with E-state index in [1.54, 1.807) is 31.2 Å². The highest BCUT2D eigenvalue weighted by atomic mass is 19.4. The summed E-state index contributed by atoms with van der Waals surface area (Å²) in [7, 11) is 0. The second kappa shape index (κ2) is 13.8. The molecule has 3 amide bonds. The van der Waals surface area contributed by atoms with Crippen molar-refractivity contribution in [1.82, 2.24) is 10.2 Å². The van der Waals surface area contributed by atoms with Gasteiger partial charge in [0.25, 0.3) is 5.91 Å². The van der Waals surface area contributed by atoms with E-state index in [-0.39, 0.29) is 23.6 Å². The number of hydrogen-bond acceptors (Lipinski definition) is 4. The molecular formula is C25H34F3N3O5. The van der Waals surface area contributed by atoms with Crippen LogP contribution < -0.4 is 10.6 Å². The molecule has 200 valence electrons.